The van der Waals surface area contributed by atoms with Crippen LogP contribution in [0.5, 0.6) is 0 Å². The number of carbonyl (C=O) groups excluding carboxylic acids is 1. The second kappa shape index (κ2) is 7.37. The van der Waals surface area contributed by atoms with Gasteiger partial charge in [-0.3, -0.25) is 9.89 Å². The van der Waals surface area contributed by atoms with Crippen LogP contribution in [-0.4, -0.2) is 60.8 Å². The zero-order chi connectivity index (χ0) is 19.8. The SMILES string of the molecule is CN1CCN(c2ccc(-c3cc(-c4cccc5c4CCNC5=O)[nH]n3)cc2)CC1. The molecule has 3 heterocycles. The summed E-state index contributed by atoms with van der Waals surface area (Å²) >= 11 is 0. The van der Waals surface area contributed by atoms with Crippen LogP contribution in [0.4, 0.5) is 5.69 Å². The molecule has 1 fully saturated rings. The van der Waals surface area contributed by atoms with E-state index in [0.29, 0.717) is 6.54 Å². The molecule has 5 rings (SSSR count). The summed E-state index contributed by atoms with van der Waals surface area (Å²) in [6.45, 7) is 5.01. The third-order valence-corrected chi connectivity index (χ3v) is 5.98. The van der Waals surface area contributed by atoms with E-state index in [1.54, 1.807) is 0 Å². The predicted octanol–water partition coefficient (Wildman–Crippen LogP) is 2.78. The molecule has 2 aliphatic rings. The molecule has 0 aliphatic carbocycles. The Hall–Kier alpha value is -3.12. The van der Waals surface area contributed by atoms with Gasteiger partial charge in [-0.25, -0.2) is 0 Å². The molecule has 3 aromatic rings. The molecule has 1 saturated heterocycles. The number of benzene rings is 2. The molecule has 6 heteroatoms. The second-order valence-electron chi connectivity index (χ2n) is 7.84. The van der Waals surface area contributed by atoms with Gasteiger partial charge in [0.25, 0.3) is 5.91 Å². The molecule has 0 radical (unpaired) electrons. The molecule has 0 spiro atoms. The van der Waals surface area contributed by atoms with Crippen molar-refractivity contribution in [1.82, 2.24) is 20.4 Å². The number of fused-ring (bicyclic) bond motifs is 1. The molecule has 2 N–H and O–H groups in total. The first-order chi connectivity index (χ1) is 14.2. The van der Waals surface area contributed by atoms with Gasteiger partial charge < -0.3 is 15.1 Å². The Labute approximate surface area is 170 Å². The Morgan fingerprint density at radius 1 is 0.966 bits per heavy atom. The van der Waals surface area contributed by atoms with Crippen LogP contribution >= 0.6 is 0 Å². The van der Waals surface area contributed by atoms with Gasteiger partial charge in [-0.05, 0) is 43.3 Å². The first kappa shape index (κ1) is 17.9. The van der Waals surface area contributed by atoms with E-state index in [1.165, 1.54) is 5.69 Å². The summed E-state index contributed by atoms with van der Waals surface area (Å²) in [7, 11) is 2.17. The zero-order valence-corrected chi connectivity index (χ0v) is 16.6. The van der Waals surface area contributed by atoms with Crippen LogP contribution in [-0.2, 0) is 6.42 Å². The second-order valence-corrected chi connectivity index (χ2v) is 7.84. The fourth-order valence-electron chi connectivity index (χ4n) is 4.23. The fourth-order valence-corrected chi connectivity index (χ4v) is 4.23. The monoisotopic (exact) mass is 387 g/mol. The highest BCUT2D eigenvalue weighted by Gasteiger charge is 2.21. The number of aromatic amines is 1. The zero-order valence-electron chi connectivity index (χ0n) is 16.6. The number of amides is 1. The van der Waals surface area contributed by atoms with Gasteiger partial charge in [-0.1, -0.05) is 24.3 Å². The van der Waals surface area contributed by atoms with Gasteiger partial charge in [0.1, 0.15) is 0 Å². The van der Waals surface area contributed by atoms with Gasteiger partial charge in [-0.2, -0.15) is 5.10 Å². The molecular formula is C23H25N5O. The molecule has 0 unspecified atom stereocenters. The highest BCUT2D eigenvalue weighted by molar-refractivity contribution is 5.98. The van der Waals surface area contributed by atoms with Gasteiger partial charge in [0.2, 0.25) is 0 Å². The topological polar surface area (TPSA) is 64.3 Å². The van der Waals surface area contributed by atoms with Crippen LogP contribution in [0, 0.1) is 0 Å². The van der Waals surface area contributed by atoms with Crippen molar-refractivity contribution in [1.29, 1.82) is 0 Å². The van der Waals surface area contributed by atoms with E-state index in [1.807, 2.05) is 12.1 Å². The lowest BCUT2D eigenvalue weighted by Crippen LogP contribution is -2.44. The van der Waals surface area contributed by atoms with Crippen molar-refractivity contribution >= 4 is 11.6 Å². The van der Waals surface area contributed by atoms with Crippen LogP contribution in [0.25, 0.3) is 22.5 Å². The van der Waals surface area contributed by atoms with E-state index in [9.17, 15) is 4.79 Å². The Morgan fingerprint density at radius 2 is 1.72 bits per heavy atom. The lowest BCUT2D eigenvalue weighted by Gasteiger charge is -2.34. The lowest BCUT2D eigenvalue weighted by atomic mass is 9.93. The van der Waals surface area contributed by atoms with Crippen molar-refractivity contribution in [2.75, 3.05) is 44.7 Å². The van der Waals surface area contributed by atoms with Crippen LogP contribution < -0.4 is 10.2 Å². The number of rotatable bonds is 3. The van der Waals surface area contributed by atoms with Crippen LogP contribution in [0.1, 0.15) is 15.9 Å². The largest absolute Gasteiger partial charge is 0.369 e. The van der Waals surface area contributed by atoms with E-state index in [0.717, 1.165) is 66.2 Å². The molecule has 2 aliphatic heterocycles. The molecule has 0 atom stereocenters. The van der Waals surface area contributed by atoms with Crippen molar-refractivity contribution in [3.63, 3.8) is 0 Å². The minimum absolute atomic E-state index is 0.00679. The van der Waals surface area contributed by atoms with E-state index in [2.05, 4.69) is 68.8 Å². The number of piperazine rings is 1. The number of H-pyrrole nitrogens is 1. The summed E-state index contributed by atoms with van der Waals surface area (Å²) in [5.74, 6) is 0.00679. The number of hydrogen-bond acceptors (Lipinski definition) is 4. The predicted molar refractivity (Wildman–Crippen MR) is 115 cm³/mol. The Balaban J connectivity index is 1.40. The number of likely N-dealkylation sites (N-methyl/N-ethyl adjacent to an activating group) is 1. The lowest BCUT2D eigenvalue weighted by molar-refractivity contribution is 0.0946. The third-order valence-electron chi connectivity index (χ3n) is 5.98. The molecule has 0 bridgehead atoms. The van der Waals surface area contributed by atoms with Gasteiger partial charge in [-0.15, -0.1) is 0 Å². The van der Waals surface area contributed by atoms with E-state index < -0.39 is 0 Å². The first-order valence-electron chi connectivity index (χ1n) is 10.2. The maximum absolute atomic E-state index is 12.1. The summed E-state index contributed by atoms with van der Waals surface area (Å²) in [5.41, 5.74) is 7.15. The Kier molecular flexibility index (Phi) is 4.56. The normalized spacial score (nSPS) is 17.1. The fraction of sp³-hybridized carbons (Fsp3) is 0.304. The summed E-state index contributed by atoms with van der Waals surface area (Å²) in [5, 5.41) is 10.6. The minimum atomic E-state index is 0.00679. The van der Waals surface area contributed by atoms with E-state index >= 15 is 0 Å². The average molecular weight is 387 g/mol. The van der Waals surface area contributed by atoms with Gasteiger partial charge >= 0.3 is 0 Å². The number of carbonyl (C=O) groups is 1. The molecule has 148 valence electrons. The number of anilines is 1. The van der Waals surface area contributed by atoms with Crippen LogP contribution in [0.3, 0.4) is 0 Å². The molecule has 29 heavy (non-hydrogen) atoms. The maximum Gasteiger partial charge on any atom is 0.251 e. The molecule has 2 aromatic carbocycles. The molecule has 6 nitrogen and oxygen atoms in total. The summed E-state index contributed by atoms with van der Waals surface area (Å²) < 4.78 is 0. The van der Waals surface area contributed by atoms with Crippen molar-refractivity contribution in [3.8, 4) is 22.5 Å². The maximum atomic E-state index is 12.1. The van der Waals surface area contributed by atoms with Crippen molar-refractivity contribution in [2.45, 2.75) is 6.42 Å². The summed E-state index contributed by atoms with van der Waals surface area (Å²) in [4.78, 5) is 16.9. The summed E-state index contributed by atoms with van der Waals surface area (Å²) in [6.07, 6.45) is 0.839. The van der Waals surface area contributed by atoms with Crippen molar-refractivity contribution in [2.24, 2.45) is 0 Å². The van der Waals surface area contributed by atoms with Gasteiger partial charge in [0.15, 0.2) is 0 Å². The number of hydrogen-bond donors (Lipinski definition) is 2. The standard InChI is InChI=1S/C23H25N5O/c1-27-11-13-28(14-12-27)17-7-5-16(6-8-17)21-15-22(26-25-21)19-3-2-4-20-18(19)9-10-24-23(20)29/h2-8,15H,9-14H2,1H3,(H,24,29)(H,25,26). The highest BCUT2D eigenvalue weighted by atomic mass is 16.1. The smallest absolute Gasteiger partial charge is 0.251 e. The quantitative estimate of drug-likeness (QED) is 0.725. The average Bonchev–Trinajstić information content (AvgIpc) is 3.24. The molecule has 0 saturated carbocycles. The van der Waals surface area contributed by atoms with Crippen molar-refractivity contribution in [3.05, 3.63) is 59.7 Å². The third kappa shape index (κ3) is 3.40. The Bertz CT molecular complexity index is 1030. The number of nitrogens with zero attached hydrogens (tertiary/aromatic N) is 3. The number of aromatic nitrogens is 2. The van der Waals surface area contributed by atoms with Crippen LogP contribution in [0.15, 0.2) is 48.5 Å². The molecule has 1 amide bonds. The minimum Gasteiger partial charge on any atom is -0.369 e. The van der Waals surface area contributed by atoms with E-state index in [4.69, 9.17) is 0 Å². The van der Waals surface area contributed by atoms with E-state index in [-0.39, 0.29) is 5.91 Å². The molecule has 1 aromatic heterocycles. The first-order valence-corrected chi connectivity index (χ1v) is 10.2. The van der Waals surface area contributed by atoms with Gasteiger partial charge in [0.05, 0.1) is 11.4 Å². The highest BCUT2D eigenvalue weighted by Crippen LogP contribution is 2.30. The van der Waals surface area contributed by atoms with Crippen LogP contribution in [0.2, 0.25) is 0 Å². The van der Waals surface area contributed by atoms with Gasteiger partial charge in [0, 0.05) is 55.1 Å². The van der Waals surface area contributed by atoms with Crippen molar-refractivity contribution < 1.29 is 4.79 Å². The molecular weight excluding hydrogens is 362 g/mol. The summed E-state index contributed by atoms with van der Waals surface area (Å²) in [6, 6.07) is 16.6. The Morgan fingerprint density at radius 3 is 2.52 bits per heavy atom. The number of nitrogens with one attached hydrogen (secondary N) is 2.